The zero-order valence-corrected chi connectivity index (χ0v) is 64.8. The van der Waals surface area contributed by atoms with Crippen molar-refractivity contribution in [1.82, 2.24) is 41.0 Å². The molecule has 2 aromatic heterocycles. The molecule has 6 heterocycles. The summed E-state index contributed by atoms with van der Waals surface area (Å²) in [5.41, 5.74) is 6.49. The smallest absolute Gasteiger partial charge is 0.488 e. The van der Waals surface area contributed by atoms with E-state index in [0.717, 1.165) is 106 Å². The van der Waals surface area contributed by atoms with Crippen molar-refractivity contribution in [3.63, 3.8) is 0 Å². The molecule has 0 spiro atoms. The van der Waals surface area contributed by atoms with Crippen LogP contribution in [0.25, 0.3) is 27.3 Å². The van der Waals surface area contributed by atoms with Crippen LogP contribution in [-0.2, 0) is 52.1 Å². The maximum atomic E-state index is 14.5. The van der Waals surface area contributed by atoms with E-state index >= 15 is 0 Å². The van der Waals surface area contributed by atoms with Crippen LogP contribution in [0.2, 0.25) is 0 Å². The van der Waals surface area contributed by atoms with E-state index in [0.29, 0.717) is 78.6 Å². The zero-order chi connectivity index (χ0) is 78.8. The molecule has 10 atom stereocenters. The van der Waals surface area contributed by atoms with Crippen molar-refractivity contribution in [3.8, 4) is 11.5 Å². The molecular weight excluding hydrogens is 1490 g/mol. The van der Waals surface area contributed by atoms with Gasteiger partial charge in [0, 0.05) is 69.0 Å². The Hall–Kier alpha value is -9.45. The normalized spacial score (nSPS) is 26.0. The van der Waals surface area contributed by atoms with Crippen LogP contribution in [0.5, 0.6) is 11.5 Å². The third kappa shape index (κ3) is 21.6. The Bertz CT molecular complexity index is 4240. The van der Waals surface area contributed by atoms with Gasteiger partial charge in [0.2, 0.25) is 29.2 Å². The lowest BCUT2D eigenvalue weighted by atomic mass is 10.0. The van der Waals surface area contributed by atoms with Crippen LogP contribution in [-0.4, -0.2) is 207 Å². The number of aromatic carboxylic acids is 1. The van der Waals surface area contributed by atoms with Crippen molar-refractivity contribution in [2.45, 2.75) is 232 Å². The number of Topliss-reactive ketones (excluding diaryl/α,β-unsaturated/α-hetero) is 1. The number of alkyl carbamates (subject to hydrolysis) is 2. The summed E-state index contributed by atoms with van der Waals surface area (Å²) in [5.74, 6) is -4.76. The van der Waals surface area contributed by atoms with Crippen molar-refractivity contribution in [1.29, 1.82) is 0 Å². The number of hydrogen-bond donors (Lipinski definition) is 5. The Kier molecular flexibility index (Phi) is 30.6. The van der Waals surface area contributed by atoms with Gasteiger partial charge in [0.15, 0.2) is 12.5 Å². The molecule has 6 amide bonds. The quantitative estimate of drug-likeness (QED) is 0.00626. The van der Waals surface area contributed by atoms with E-state index in [4.69, 9.17) is 45.2 Å². The van der Waals surface area contributed by atoms with Crippen molar-refractivity contribution in [2.24, 2.45) is 17.8 Å². The van der Waals surface area contributed by atoms with Crippen molar-refractivity contribution < 1.29 is 95.5 Å². The number of nitrogens with one attached hydrogen (secondary N) is 4. The molecule has 6 fully saturated rings. The minimum absolute atomic E-state index is 0. The third-order valence-corrected chi connectivity index (χ3v) is 22.6. The lowest BCUT2D eigenvalue weighted by molar-refractivity contribution is -0.372. The Balaban J connectivity index is 0.000000230. The number of carbonyl (C=O) groups is 11. The predicted octanol–water partition coefficient (Wildman–Crippen LogP) is 11.4. The van der Waals surface area contributed by atoms with E-state index in [1.807, 2.05) is 74.9 Å². The Morgan fingerprint density at radius 2 is 1.14 bits per heavy atom. The first-order valence-electron chi connectivity index (χ1n) is 37.6. The summed E-state index contributed by atoms with van der Waals surface area (Å²) in [6.07, 6.45) is 23.8. The van der Waals surface area contributed by atoms with Crippen LogP contribution in [0.15, 0.2) is 82.6 Å². The largest absolute Gasteiger partial charge is 0.605 e. The van der Waals surface area contributed by atoms with E-state index in [9.17, 15) is 57.8 Å². The molecule has 0 bridgehead atoms. The Labute approximate surface area is 658 Å². The molecule has 4 aliphatic carbocycles. The molecule has 5 N–H and O–H groups in total. The average Bonchev–Trinajstić information content (AvgIpc) is 1.60. The molecule has 4 saturated carbocycles. The van der Waals surface area contributed by atoms with Crippen LogP contribution in [0.1, 0.15) is 184 Å². The van der Waals surface area contributed by atoms with Gasteiger partial charge in [-0.1, -0.05) is 83.4 Å². The average molecular weight is 1590 g/mol. The maximum Gasteiger partial charge on any atom is 0.605 e. The summed E-state index contributed by atoms with van der Waals surface area (Å²) in [7, 11) is 1.28. The van der Waals surface area contributed by atoms with E-state index in [1.54, 1.807) is 12.1 Å². The lowest BCUT2D eigenvalue weighted by Gasteiger charge is -2.29. The summed E-state index contributed by atoms with van der Waals surface area (Å²) in [4.78, 5) is 160. The second kappa shape index (κ2) is 39.6. The van der Waals surface area contributed by atoms with E-state index in [1.165, 1.54) is 52.6 Å². The molecule has 32 heteroatoms. The number of para-hydroxylation sites is 2. The standard InChI is InChI=1S/C37H44N6O8S.C36H42N4O9S.C5H9ClO2.CH4/c1-49-35(47)37-19-22(37)11-6-4-3-5-7-15-26(41-36(48)51-23-12-8-9-13-23)34(46)43-21-24(17-28(43)33(45)42-37)50-30-18-27(29(44)20-39-38)40-32-25(30)14-10-16-31(32)52-2;1-47-34(45)36-19-21(36)11-6-4-3-5-7-15-25(38-35(46)49-22-12-8-9-13-22)32(42)40-20-23(17-27(40)31(41)39-36)48-28-18-26(33(43)44)37-30-24(28)14-10-16-29(30)50-2;1-4(2)3-8-5(6)7;/h6,10-11,14,16,18,20,22-24,26,28H,3-5,7-9,12-13,15,17,19,21H2,1-2H3,(H,41,48)(H,42,45);6,10-11,14,16,18,21-23,25,27H,1,3-5,7-9,12-13,15,17,19-20H2,2H3,(H2-,38,39,41,43,44,46);4H,3H2,1-2H3;1H4/p+1/b2*11-6-;;/t22?,24-,26+,28+,37-;21?,23-,25+,27+,36-;;/m11../s1. The van der Waals surface area contributed by atoms with Crippen molar-refractivity contribution in [3.05, 3.63) is 89.8 Å². The minimum Gasteiger partial charge on any atom is -0.488 e. The number of allylic oxidation sites excluding steroid dienone is 2. The molecule has 2 saturated heterocycles. The summed E-state index contributed by atoms with van der Waals surface area (Å²) < 4.78 is 38.7. The number of rotatable bonds is 17. The molecule has 4 aromatic rings. The Morgan fingerprint density at radius 3 is 1.57 bits per heavy atom. The number of carbonyl (C=O) groups excluding carboxylic acids is 11. The van der Waals surface area contributed by atoms with E-state index in [2.05, 4.69) is 47.6 Å². The molecule has 598 valence electrons. The van der Waals surface area contributed by atoms with Gasteiger partial charge in [-0.3, -0.25) is 28.4 Å². The SMILES string of the molecule is C.C=[O+]C(=O)[C@@]12CC1/C=C\CCCCC[C@H](NC(=O)OC1CCCC1)C(=O)N1C[C@H](Oc3cc(C(=O)O)nc4c(SC)cccc34)C[C@H]1C(=O)N2.CC(C)COC(=O)Cl.COC(=O)[C@@]12CC1/C=C\CCCCC[C@H](NC(=O)OC1CCCC1)C(=O)N1C[C@H](Oc3cc(C(=O)C=[N+]=[N-])nc4c(SC)cccc34)C[C@H]1C(=O)N2. The number of halogens is 1. The van der Waals surface area contributed by atoms with Crippen LogP contribution >= 0.6 is 35.1 Å². The van der Waals surface area contributed by atoms with Crippen LogP contribution in [0.4, 0.5) is 14.4 Å². The highest BCUT2D eigenvalue weighted by molar-refractivity contribution is 7.99. The molecule has 111 heavy (non-hydrogen) atoms. The number of carboxylic acids is 1. The third-order valence-electron chi connectivity index (χ3n) is 21.0. The molecule has 12 rings (SSSR count). The highest BCUT2D eigenvalue weighted by Crippen LogP contribution is 2.48. The topological polar surface area (TPSA) is 391 Å². The predicted molar refractivity (Wildman–Crippen MR) is 414 cm³/mol. The fourth-order valence-corrected chi connectivity index (χ4v) is 16.3. The molecule has 2 unspecified atom stereocenters. The number of ketones is 1. The molecule has 4 aliphatic heterocycles. The van der Waals surface area contributed by atoms with Gasteiger partial charge in [0.05, 0.1) is 42.6 Å². The zero-order valence-electron chi connectivity index (χ0n) is 62.4. The fraction of sp³-hybridized carbons (Fsp3) is 0.557. The maximum absolute atomic E-state index is 14.5. The van der Waals surface area contributed by atoms with Gasteiger partial charge in [0.25, 0.3) is 5.78 Å². The minimum atomic E-state index is -1.31. The molecular formula is C79H100ClN10O19S2+. The second-order valence-electron chi connectivity index (χ2n) is 29.2. The first-order chi connectivity index (χ1) is 52.9. The summed E-state index contributed by atoms with van der Waals surface area (Å²) in [6.45, 7) is 7.53. The molecule has 2 aromatic carbocycles. The van der Waals surface area contributed by atoms with Gasteiger partial charge in [0.1, 0.15) is 71.3 Å². The number of fused-ring (bicyclic) bond motifs is 6. The number of amides is 6. The van der Waals surface area contributed by atoms with E-state index in [-0.39, 0.29) is 74.5 Å². The van der Waals surface area contributed by atoms with Gasteiger partial charge in [-0.25, -0.2) is 33.9 Å². The first kappa shape index (κ1) is 85.5. The van der Waals surface area contributed by atoms with Gasteiger partial charge in [-0.15, -0.1) is 23.5 Å². The lowest BCUT2D eigenvalue weighted by Crippen LogP contribution is -2.56. The monoisotopic (exact) mass is 1590 g/mol. The van der Waals surface area contributed by atoms with Gasteiger partial charge in [-0.05, 0) is 145 Å². The number of benzene rings is 2. The molecule has 29 nitrogen and oxygen atoms in total. The number of hydrogen-bond acceptors (Lipinski definition) is 21. The number of esters is 1. The van der Waals surface area contributed by atoms with E-state index < -0.39 is 112 Å². The van der Waals surface area contributed by atoms with Crippen LogP contribution in [0.3, 0.4) is 0 Å². The number of ether oxygens (including phenoxy) is 6. The molecule has 0 radical (unpaired) electrons. The summed E-state index contributed by atoms with van der Waals surface area (Å²) >= 11 is 7.71. The number of pyridine rings is 2. The highest BCUT2D eigenvalue weighted by atomic mass is 35.5. The number of thioether (sulfide) groups is 2. The Morgan fingerprint density at radius 1 is 0.685 bits per heavy atom. The second-order valence-corrected chi connectivity index (χ2v) is 31.2. The van der Waals surface area contributed by atoms with Crippen LogP contribution in [0, 0.1) is 17.8 Å². The van der Waals surface area contributed by atoms with Gasteiger partial charge in [-0.2, -0.15) is 4.79 Å². The van der Waals surface area contributed by atoms with Gasteiger partial charge >= 0.3 is 41.7 Å². The fourth-order valence-electron chi connectivity index (χ4n) is 15.1. The van der Waals surface area contributed by atoms with Crippen LogP contribution < -0.4 is 30.7 Å². The summed E-state index contributed by atoms with van der Waals surface area (Å²) in [6, 6.07) is 9.68. The number of nitrogens with zero attached hydrogens (tertiary/aromatic N) is 6. The number of carboxylic acid groups (broad SMARTS) is 1. The first-order valence-corrected chi connectivity index (χ1v) is 40.4. The number of methoxy groups -OCH3 is 1. The molecule has 8 aliphatic rings. The van der Waals surface area contributed by atoms with Crippen molar-refractivity contribution in [2.75, 3.05) is 39.3 Å². The van der Waals surface area contributed by atoms with Gasteiger partial charge < -0.3 is 70.1 Å². The van der Waals surface area contributed by atoms with Crippen molar-refractivity contribution >= 4 is 135 Å². The highest BCUT2D eigenvalue weighted by Gasteiger charge is 2.68. The summed E-state index contributed by atoms with van der Waals surface area (Å²) in [5, 5.41) is 22.4. The number of aromatic nitrogens is 2.